The monoisotopic (exact) mass is 355 g/mol. The number of carbonyl (C=O) groups excluding carboxylic acids is 1. The number of carbonyl (C=O) groups is 1. The van der Waals surface area contributed by atoms with E-state index in [1.807, 2.05) is 0 Å². The summed E-state index contributed by atoms with van der Waals surface area (Å²) in [4.78, 5) is 12.1. The van der Waals surface area contributed by atoms with Crippen LogP contribution in [0.15, 0.2) is 29.2 Å². The Morgan fingerprint density at radius 2 is 2.08 bits per heavy atom. The number of rotatable bonds is 4. The SMILES string of the molecule is COc1ccc(S(=O)(=O)N2C(C(=O)NO)CC3CCNCC32)cc1. The topological polar surface area (TPSA) is 108 Å². The molecular weight excluding hydrogens is 334 g/mol. The highest BCUT2D eigenvalue weighted by Gasteiger charge is 2.51. The van der Waals surface area contributed by atoms with Gasteiger partial charge in [-0.05, 0) is 49.6 Å². The average molecular weight is 355 g/mol. The van der Waals surface area contributed by atoms with E-state index >= 15 is 0 Å². The van der Waals surface area contributed by atoms with Crippen LogP contribution in [0.2, 0.25) is 0 Å². The number of benzene rings is 1. The number of nitrogens with one attached hydrogen (secondary N) is 2. The van der Waals surface area contributed by atoms with Crippen molar-refractivity contribution < 1.29 is 23.2 Å². The molecule has 3 unspecified atom stereocenters. The quantitative estimate of drug-likeness (QED) is 0.516. The summed E-state index contributed by atoms with van der Waals surface area (Å²) in [7, 11) is -2.37. The van der Waals surface area contributed by atoms with Crippen LogP contribution < -0.4 is 15.5 Å². The fourth-order valence-electron chi connectivity index (χ4n) is 3.60. The first-order chi connectivity index (χ1) is 11.5. The van der Waals surface area contributed by atoms with E-state index in [0.717, 1.165) is 13.0 Å². The van der Waals surface area contributed by atoms with Crippen molar-refractivity contribution in [3.8, 4) is 5.75 Å². The summed E-state index contributed by atoms with van der Waals surface area (Å²) in [6.07, 6.45) is 1.21. The molecule has 3 atom stereocenters. The average Bonchev–Trinajstić information content (AvgIpc) is 3.01. The van der Waals surface area contributed by atoms with Crippen molar-refractivity contribution in [3.05, 3.63) is 24.3 Å². The molecule has 0 aromatic heterocycles. The van der Waals surface area contributed by atoms with E-state index in [1.54, 1.807) is 17.6 Å². The Morgan fingerprint density at radius 1 is 1.38 bits per heavy atom. The van der Waals surface area contributed by atoms with E-state index in [4.69, 9.17) is 9.94 Å². The lowest BCUT2D eigenvalue weighted by Crippen LogP contribution is -2.52. The number of nitrogens with zero attached hydrogens (tertiary/aromatic N) is 1. The van der Waals surface area contributed by atoms with Crippen LogP contribution in [0.1, 0.15) is 12.8 Å². The highest BCUT2D eigenvalue weighted by atomic mass is 32.2. The normalized spacial score (nSPS) is 27.5. The molecule has 9 heteroatoms. The van der Waals surface area contributed by atoms with Crippen molar-refractivity contribution in [2.24, 2.45) is 5.92 Å². The molecule has 24 heavy (non-hydrogen) atoms. The molecule has 0 spiro atoms. The van der Waals surface area contributed by atoms with Gasteiger partial charge in [-0.15, -0.1) is 0 Å². The number of amides is 1. The molecule has 2 fully saturated rings. The van der Waals surface area contributed by atoms with Crippen LogP contribution >= 0.6 is 0 Å². The Kier molecular flexibility index (Phi) is 4.77. The number of hydrogen-bond acceptors (Lipinski definition) is 6. The standard InChI is InChI=1S/C15H21N3O5S/c1-23-11-2-4-12(5-3-11)24(21,22)18-13(15(19)17-20)8-10-6-7-16-9-14(10)18/h2-5,10,13-14,16,20H,6-9H2,1H3,(H,17,19). The molecule has 3 rings (SSSR count). The third-order valence-electron chi connectivity index (χ3n) is 4.80. The lowest BCUT2D eigenvalue weighted by atomic mass is 9.92. The molecule has 3 N–H and O–H groups in total. The van der Waals surface area contributed by atoms with Crippen LogP contribution in [0.5, 0.6) is 5.75 Å². The summed E-state index contributed by atoms with van der Waals surface area (Å²) < 4.78 is 32.5. The molecule has 0 aliphatic carbocycles. The first kappa shape index (κ1) is 17.2. The van der Waals surface area contributed by atoms with Gasteiger partial charge in [0, 0.05) is 12.6 Å². The van der Waals surface area contributed by atoms with Crippen molar-refractivity contribution in [1.82, 2.24) is 15.1 Å². The summed E-state index contributed by atoms with van der Waals surface area (Å²) >= 11 is 0. The zero-order chi connectivity index (χ0) is 17.3. The number of ether oxygens (including phenoxy) is 1. The minimum absolute atomic E-state index is 0.0987. The Balaban J connectivity index is 1.99. The first-order valence-electron chi connectivity index (χ1n) is 7.81. The van der Waals surface area contributed by atoms with Gasteiger partial charge in [-0.1, -0.05) is 0 Å². The highest BCUT2D eigenvalue weighted by molar-refractivity contribution is 7.89. The minimum Gasteiger partial charge on any atom is -0.497 e. The second kappa shape index (κ2) is 6.67. The molecule has 2 heterocycles. The lowest BCUT2D eigenvalue weighted by Gasteiger charge is -2.32. The van der Waals surface area contributed by atoms with Crippen LogP contribution in [0.3, 0.4) is 0 Å². The molecule has 2 aliphatic rings. The third kappa shape index (κ3) is 2.88. The van der Waals surface area contributed by atoms with E-state index in [9.17, 15) is 13.2 Å². The van der Waals surface area contributed by atoms with Gasteiger partial charge in [-0.2, -0.15) is 4.31 Å². The predicted molar refractivity (Wildman–Crippen MR) is 85.1 cm³/mol. The van der Waals surface area contributed by atoms with Gasteiger partial charge in [-0.3, -0.25) is 10.0 Å². The van der Waals surface area contributed by atoms with Crippen LogP contribution in [0.25, 0.3) is 0 Å². The number of hydroxylamine groups is 1. The molecule has 1 amide bonds. The van der Waals surface area contributed by atoms with E-state index in [1.165, 1.54) is 23.5 Å². The maximum atomic E-state index is 13.1. The maximum Gasteiger partial charge on any atom is 0.261 e. The number of sulfonamides is 1. The van der Waals surface area contributed by atoms with E-state index in [0.29, 0.717) is 18.7 Å². The maximum absolute atomic E-state index is 13.1. The van der Waals surface area contributed by atoms with Gasteiger partial charge >= 0.3 is 0 Å². The second-order valence-electron chi connectivity index (χ2n) is 6.06. The molecule has 132 valence electrons. The lowest BCUT2D eigenvalue weighted by molar-refractivity contribution is -0.132. The molecule has 2 saturated heterocycles. The predicted octanol–water partition coefficient (Wildman–Crippen LogP) is -0.0583. The molecule has 0 radical (unpaired) electrons. The summed E-state index contributed by atoms with van der Waals surface area (Å²) in [5, 5.41) is 12.2. The first-order valence-corrected chi connectivity index (χ1v) is 9.25. The summed E-state index contributed by atoms with van der Waals surface area (Å²) in [6.45, 7) is 1.29. The van der Waals surface area contributed by atoms with Gasteiger partial charge in [-0.25, -0.2) is 13.9 Å². The Morgan fingerprint density at radius 3 is 2.71 bits per heavy atom. The van der Waals surface area contributed by atoms with Crippen LogP contribution in [0.4, 0.5) is 0 Å². The fraction of sp³-hybridized carbons (Fsp3) is 0.533. The zero-order valence-electron chi connectivity index (χ0n) is 13.3. The fourth-order valence-corrected chi connectivity index (χ4v) is 5.45. The van der Waals surface area contributed by atoms with Crippen LogP contribution in [-0.2, 0) is 14.8 Å². The summed E-state index contributed by atoms with van der Waals surface area (Å²) in [5.41, 5.74) is 1.60. The molecule has 8 nitrogen and oxygen atoms in total. The zero-order valence-corrected chi connectivity index (χ0v) is 14.1. The number of methoxy groups -OCH3 is 1. The van der Waals surface area contributed by atoms with E-state index in [2.05, 4.69) is 5.32 Å². The number of hydrogen-bond donors (Lipinski definition) is 3. The van der Waals surface area contributed by atoms with Crippen molar-refractivity contribution in [3.63, 3.8) is 0 Å². The largest absolute Gasteiger partial charge is 0.497 e. The van der Waals surface area contributed by atoms with Crippen LogP contribution in [-0.4, -0.2) is 56.1 Å². The van der Waals surface area contributed by atoms with Crippen molar-refractivity contribution in [1.29, 1.82) is 0 Å². The smallest absolute Gasteiger partial charge is 0.261 e. The third-order valence-corrected chi connectivity index (χ3v) is 6.75. The van der Waals surface area contributed by atoms with Gasteiger partial charge < -0.3 is 10.1 Å². The molecular formula is C15H21N3O5S. The van der Waals surface area contributed by atoms with E-state index < -0.39 is 22.0 Å². The Labute approximate surface area is 140 Å². The Bertz CT molecular complexity index is 706. The molecule has 2 aliphatic heterocycles. The summed E-state index contributed by atoms with van der Waals surface area (Å²) in [6, 6.07) is 4.86. The van der Waals surface area contributed by atoms with Crippen LogP contribution in [0, 0.1) is 5.92 Å². The Hall–Kier alpha value is -1.68. The van der Waals surface area contributed by atoms with Gasteiger partial charge in [0.15, 0.2) is 0 Å². The van der Waals surface area contributed by atoms with Gasteiger partial charge in [0.25, 0.3) is 5.91 Å². The number of fused-ring (bicyclic) bond motifs is 1. The summed E-state index contributed by atoms with van der Waals surface area (Å²) in [5.74, 6) is -0.0414. The number of piperidine rings is 1. The molecule has 1 aromatic rings. The minimum atomic E-state index is -3.87. The second-order valence-corrected chi connectivity index (χ2v) is 7.90. The van der Waals surface area contributed by atoms with Crippen molar-refractivity contribution in [2.75, 3.05) is 20.2 Å². The molecule has 0 saturated carbocycles. The van der Waals surface area contributed by atoms with Gasteiger partial charge in [0.2, 0.25) is 10.0 Å². The van der Waals surface area contributed by atoms with Crippen molar-refractivity contribution in [2.45, 2.75) is 29.8 Å². The van der Waals surface area contributed by atoms with Gasteiger partial charge in [0.1, 0.15) is 11.8 Å². The van der Waals surface area contributed by atoms with Crippen molar-refractivity contribution >= 4 is 15.9 Å². The highest BCUT2D eigenvalue weighted by Crippen LogP contribution is 2.38. The van der Waals surface area contributed by atoms with Gasteiger partial charge in [0.05, 0.1) is 12.0 Å². The molecule has 1 aromatic carbocycles. The molecule has 0 bridgehead atoms. The van der Waals surface area contributed by atoms with E-state index in [-0.39, 0.29) is 16.9 Å².